The van der Waals surface area contributed by atoms with Gasteiger partial charge in [-0.1, -0.05) is 6.42 Å². The summed E-state index contributed by atoms with van der Waals surface area (Å²) in [7, 11) is 1.60. The fourth-order valence-corrected chi connectivity index (χ4v) is 2.03. The van der Waals surface area contributed by atoms with Crippen molar-refractivity contribution in [3.8, 4) is 0 Å². The Morgan fingerprint density at radius 3 is 2.29 bits per heavy atom. The van der Waals surface area contributed by atoms with Crippen LogP contribution in [-0.4, -0.2) is 32.0 Å². The van der Waals surface area contributed by atoms with Crippen molar-refractivity contribution in [3.05, 3.63) is 0 Å². The molecule has 5 heteroatoms. The zero-order valence-electron chi connectivity index (χ0n) is 10.9. The van der Waals surface area contributed by atoms with Crippen molar-refractivity contribution in [1.29, 1.82) is 0 Å². The third-order valence-corrected chi connectivity index (χ3v) is 3.72. The zero-order valence-corrected chi connectivity index (χ0v) is 10.9. The molecule has 0 aliphatic heterocycles. The molecule has 4 N–H and O–H groups in total. The first-order chi connectivity index (χ1) is 7.88. The molecule has 0 aromatic carbocycles. The monoisotopic (exact) mass is 241 g/mol. The predicted molar refractivity (Wildman–Crippen MR) is 66.2 cm³/mol. The van der Waals surface area contributed by atoms with E-state index < -0.39 is 5.41 Å². The molecule has 0 heterocycles. The van der Waals surface area contributed by atoms with Gasteiger partial charge in [-0.2, -0.15) is 0 Å². The van der Waals surface area contributed by atoms with Gasteiger partial charge < -0.3 is 16.4 Å². The third kappa shape index (κ3) is 2.77. The molecule has 0 saturated heterocycles. The van der Waals surface area contributed by atoms with Crippen molar-refractivity contribution < 1.29 is 9.59 Å². The largest absolute Gasteiger partial charge is 0.359 e. The summed E-state index contributed by atoms with van der Waals surface area (Å²) in [6.07, 6.45) is 2.77. The zero-order chi connectivity index (χ0) is 13.1. The molecular formula is C12H23N3O2. The van der Waals surface area contributed by atoms with Crippen LogP contribution in [0.2, 0.25) is 0 Å². The standard InChI is InChI=1S/C12H23N3O2/c1-11(2,9(16)14-3)8-15-10(17)12(7-13)5-4-6-12/h4-8,13H2,1-3H3,(H,14,16)(H,15,17). The maximum atomic E-state index is 12.0. The Morgan fingerprint density at radius 2 is 1.94 bits per heavy atom. The molecule has 2 amide bonds. The first-order valence-electron chi connectivity index (χ1n) is 6.08. The fraction of sp³-hybridized carbons (Fsp3) is 0.833. The van der Waals surface area contributed by atoms with Crippen LogP contribution >= 0.6 is 0 Å². The number of carbonyl (C=O) groups is 2. The highest BCUT2D eigenvalue weighted by Gasteiger charge is 2.43. The van der Waals surface area contributed by atoms with E-state index in [4.69, 9.17) is 5.73 Å². The number of amides is 2. The maximum Gasteiger partial charge on any atom is 0.227 e. The highest BCUT2D eigenvalue weighted by Crippen LogP contribution is 2.40. The normalized spacial score (nSPS) is 18.1. The maximum absolute atomic E-state index is 12.0. The molecule has 0 spiro atoms. The lowest BCUT2D eigenvalue weighted by Gasteiger charge is -2.39. The Kier molecular flexibility index (Phi) is 4.14. The highest BCUT2D eigenvalue weighted by atomic mass is 16.2. The second-order valence-corrected chi connectivity index (χ2v) is 5.48. The minimum atomic E-state index is -0.593. The van der Waals surface area contributed by atoms with Crippen molar-refractivity contribution in [2.24, 2.45) is 16.6 Å². The molecule has 5 nitrogen and oxygen atoms in total. The first-order valence-corrected chi connectivity index (χ1v) is 6.08. The minimum absolute atomic E-state index is 0.0109. The van der Waals surface area contributed by atoms with E-state index in [0.29, 0.717) is 13.1 Å². The van der Waals surface area contributed by atoms with Crippen LogP contribution in [0.4, 0.5) is 0 Å². The molecule has 0 radical (unpaired) electrons. The molecule has 0 unspecified atom stereocenters. The number of carbonyl (C=O) groups excluding carboxylic acids is 2. The highest BCUT2D eigenvalue weighted by molar-refractivity contribution is 5.86. The van der Waals surface area contributed by atoms with Crippen molar-refractivity contribution in [3.63, 3.8) is 0 Å². The summed E-state index contributed by atoms with van der Waals surface area (Å²) in [4.78, 5) is 23.6. The minimum Gasteiger partial charge on any atom is -0.359 e. The number of nitrogens with one attached hydrogen (secondary N) is 2. The van der Waals surface area contributed by atoms with Crippen molar-refractivity contribution in [2.45, 2.75) is 33.1 Å². The van der Waals surface area contributed by atoms with Crippen LogP contribution in [0.3, 0.4) is 0 Å². The van der Waals surface area contributed by atoms with Gasteiger partial charge in [0.25, 0.3) is 0 Å². The molecule has 1 aliphatic carbocycles. The van der Waals surface area contributed by atoms with Gasteiger partial charge in [-0.3, -0.25) is 9.59 Å². The van der Waals surface area contributed by atoms with Gasteiger partial charge in [-0.25, -0.2) is 0 Å². The Morgan fingerprint density at radius 1 is 1.35 bits per heavy atom. The Balaban J connectivity index is 2.50. The number of nitrogens with two attached hydrogens (primary N) is 1. The lowest BCUT2D eigenvalue weighted by atomic mass is 9.68. The van der Waals surface area contributed by atoms with E-state index >= 15 is 0 Å². The lowest BCUT2D eigenvalue weighted by Crippen LogP contribution is -2.53. The third-order valence-electron chi connectivity index (χ3n) is 3.72. The van der Waals surface area contributed by atoms with Crippen LogP contribution < -0.4 is 16.4 Å². The van der Waals surface area contributed by atoms with E-state index in [0.717, 1.165) is 19.3 Å². The van der Waals surface area contributed by atoms with Crippen LogP contribution in [-0.2, 0) is 9.59 Å². The van der Waals surface area contributed by atoms with Crippen LogP contribution in [0.1, 0.15) is 33.1 Å². The van der Waals surface area contributed by atoms with Crippen LogP contribution in [0, 0.1) is 10.8 Å². The van der Waals surface area contributed by atoms with Crippen LogP contribution in [0.5, 0.6) is 0 Å². The summed E-state index contributed by atoms with van der Waals surface area (Å²) in [6.45, 7) is 4.34. The molecule has 0 bridgehead atoms. The summed E-state index contributed by atoms with van der Waals surface area (Å²) in [6, 6.07) is 0. The summed E-state index contributed by atoms with van der Waals surface area (Å²) in [5.41, 5.74) is 4.69. The number of rotatable bonds is 5. The van der Waals surface area contributed by atoms with Gasteiger partial charge in [-0.15, -0.1) is 0 Å². The first kappa shape index (κ1) is 14.0. The summed E-state index contributed by atoms with van der Waals surface area (Å²) >= 11 is 0. The molecule has 0 aromatic heterocycles. The Bertz CT molecular complexity index is 303. The average Bonchev–Trinajstić information content (AvgIpc) is 2.24. The quantitative estimate of drug-likeness (QED) is 0.633. The topological polar surface area (TPSA) is 84.2 Å². The molecular weight excluding hydrogens is 218 g/mol. The van der Waals surface area contributed by atoms with E-state index in [1.165, 1.54) is 0 Å². The van der Waals surface area contributed by atoms with Gasteiger partial charge in [0.15, 0.2) is 0 Å². The van der Waals surface area contributed by atoms with Crippen molar-refractivity contribution >= 4 is 11.8 Å². The molecule has 17 heavy (non-hydrogen) atoms. The van der Waals surface area contributed by atoms with Crippen LogP contribution in [0.25, 0.3) is 0 Å². The summed E-state index contributed by atoms with van der Waals surface area (Å²) in [5.74, 6) is -0.0866. The summed E-state index contributed by atoms with van der Waals surface area (Å²) < 4.78 is 0. The molecule has 0 aromatic rings. The average molecular weight is 241 g/mol. The molecule has 1 aliphatic rings. The van der Waals surface area contributed by atoms with Gasteiger partial charge in [0, 0.05) is 20.1 Å². The fourth-order valence-electron chi connectivity index (χ4n) is 2.03. The second-order valence-electron chi connectivity index (χ2n) is 5.48. The lowest BCUT2D eigenvalue weighted by molar-refractivity contribution is -0.136. The van der Waals surface area contributed by atoms with E-state index in [-0.39, 0.29) is 17.2 Å². The van der Waals surface area contributed by atoms with Gasteiger partial charge >= 0.3 is 0 Å². The molecule has 98 valence electrons. The van der Waals surface area contributed by atoms with Gasteiger partial charge in [-0.05, 0) is 26.7 Å². The molecule has 1 fully saturated rings. The van der Waals surface area contributed by atoms with E-state index in [9.17, 15) is 9.59 Å². The predicted octanol–water partition coefficient (Wildman–Crippen LogP) is 0.00380. The molecule has 0 atom stereocenters. The molecule has 1 rings (SSSR count). The smallest absolute Gasteiger partial charge is 0.227 e. The van der Waals surface area contributed by atoms with E-state index in [1.54, 1.807) is 7.05 Å². The van der Waals surface area contributed by atoms with Gasteiger partial charge in [0.1, 0.15) is 0 Å². The SMILES string of the molecule is CNC(=O)C(C)(C)CNC(=O)C1(CN)CCC1. The Hall–Kier alpha value is -1.10. The van der Waals surface area contributed by atoms with Gasteiger partial charge in [0.2, 0.25) is 11.8 Å². The molecule has 1 saturated carbocycles. The van der Waals surface area contributed by atoms with Crippen LogP contribution in [0.15, 0.2) is 0 Å². The van der Waals surface area contributed by atoms with Gasteiger partial charge in [0.05, 0.1) is 10.8 Å². The number of hydrogen-bond donors (Lipinski definition) is 3. The van der Waals surface area contributed by atoms with E-state index in [2.05, 4.69) is 10.6 Å². The second kappa shape index (κ2) is 5.04. The Labute approximate surface area is 103 Å². The number of hydrogen-bond acceptors (Lipinski definition) is 3. The van der Waals surface area contributed by atoms with Crippen molar-refractivity contribution in [1.82, 2.24) is 10.6 Å². The van der Waals surface area contributed by atoms with E-state index in [1.807, 2.05) is 13.8 Å². The van der Waals surface area contributed by atoms with Crippen molar-refractivity contribution in [2.75, 3.05) is 20.1 Å². The summed E-state index contributed by atoms with van der Waals surface area (Å²) in [5, 5.41) is 5.45.